The van der Waals surface area contributed by atoms with Crippen LogP contribution in [0.2, 0.25) is 0 Å². The van der Waals surface area contributed by atoms with E-state index in [4.69, 9.17) is 0 Å². The normalized spacial score (nSPS) is 25.2. The molecule has 1 aromatic rings. The molecule has 0 radical (unpaired) electrons. The van der Waals surface area contributed by atoms with Crippen LogP contribution in [0.4, 0.5) is 0 Å². The summed E-state index contributed by atoms with van der Waals surface area (Å²) < 4.78 is 0. The highest BCUT2D eigenvalue weighted by Gasteiger charge is 2.25. The van der Waals surface area contributed by atoms with E-state index in [1.807, 2.05) is 36.2 Å². The van der Waals surface area contributed by atoms with Crippen LogP contribution in [0, 0.1) is 0 Å². The van der Waals surface area contributed by atoms with Crippen LogP contribution in [0.15, 0.2) is 17.5 Å². The van der Waals surface area contributed by atoms with E-state index in [-0.39, 0.29) is 0 Å². The number of hydrogen-bond donors (Lipinski definition) is 2. The zero-order chi connectivity index (χ0) is 11.4. The van der Waals surface area contributed by atoms with E-state index in [1.54, 1.807) is 11.3 Å². The molecule has 0 spiro atoms. The number of aliphatic hydroxyl groups is 1. The highest BCUT2D eigenvalue weighted by Crippen LogP contribution is 2.25. The maximum Gasteiger partial charge on any atom is 0.108 e. The lowest BCUT2D eigenvalue weighted by atomic mass is 10.0. The fraction of sp³-hybridized carbons (Fsp3) is 0.667. The molecule has 90 valence electrons. The SMILES string of the molecule is CC(O)(CNC1CCCSC1)c1cccs1. The Bertz CT molecular complexity index is 305. The topological polar surface area (TPSA) is 32.3 Å². The zero-order valence-corrected chi connectivity index (χ0v) is 11.2. The molecule has 0 bridgehead atoms. The molecule has 2 N–H and O–H groups in total. The van der Waals surface area contributed by atoms with Gasteiger partial charge in [0.25, 0.3) is 0 Å². The Morgan fingerprint density at radius 1 is 1.62 bits per heavy atom. The molecule has 0 amide bonds. The number of rotatable bonds is 4. The van der Waals surface area contributed by atoms with Crippen LogP contribution in [0.25, 0.3) is 0 Å². The summed E-state index contributed by atoms with van der Waals surface area (Å²) >= 11 is 3.63. The Morgan fingerprint density at radius 3 is 3.12 bits per heavy atom. The van der Waals surface area contributed by atoms with Gasteiger partial charge in [0, 0.05) is 23.2 Å². The van der Waals surface area contributed by atoms with Gasteiger partial charge in [0.2, 0.25) is 0 Å². The largest absolute Gasteiger partial charge is 0.383 e. The van der Waals surface area contributed by atoms with Crippen LogP contribution in [0.5, 0.6) is 0 Å². The molecule has 1 fully saturated rings. The van der Waals surface area contributed by atoms with Gasteiger partial charge < -0.3 is 10.4 Å². The van der Waals surface area contributed by atoms with Crippen molar-refractivity contribution in [3.05, 3.63) is 22.4 Å². The molecule has 2 heterocycles. The average Bonchev–Trinajstić information content (AvgIpc) is 2.82. The smallest absolute Gasteiger partial charge is 0.108 e. The lowest BCUT2D eigenvalue weighted by Gasteiger charge is -2.28. The van der Waals surface area contributed by atoms with Gasteiger partial charge in [0.15, 0.2) is 0 Å². The molecular formula is C12H19NOS2. The summed E-state index contributed by atoms with van der Waals surface area (Å²) in [4.78, 5) is 1.04. The van der Waals surface area contributed by atoms with Crippen LogP contribution in [-0.2, 0) is 5.60 Å². The number of nitrogens with one attached hydrogen (secondary N) is 1. The second-order valence-corrected chi connectivity index (χ2v) is 6.64. The molecule has 0 aromatic carbocycles. The predicted molar refractivity (Wildman–Crippen MR) is 72.2 cm³/mol. The van der Waals surface area contributed by atoms with Crippen molar-refractivity contribution < 1.29 is 5.11 Å². The van der Waals surface area contributed by atoms with E-state index in [1.165, 1.54) is 24.3 Å². The first-order valence-corrected chi connectivity index (χ1v) is 7.79. The van der Waals surface area contributed by atoms with E-state index < -0.39 is 5.60 Å². The van der Waals surface area contributed by atoms with Gasteiger partial charge in [-0.3, -0.25) is 0 Å². The maximum atomic E-state index is 10.3. The van der Waals surface area contributed by atoms with Crippen molar-refractivity contribution in [1.29, 1.82) is 0 Å². The van der Waals surface area contributed by atoms with E-state index in [9.17, 15) is 5.11 Å². The van der Waals surface area contributed by atoms with Crippen LogP contribution >= 0.6 is 23.1 Å². The Hall–Kier alpha value is -0.0300. The second kappa shape index (κ2) is 5.54. The average molecular weight is 257 g/mol. The second-order valence-electron chi connectivity index (χ2n) is 4.55. The van der Waals surface area contributed by atoms with Gasteiger partial charge in [-0.2, -0.15) is 11.8 Å². The molecule has 0 aliphatic carbocycles. The van der Waals surface area contributed by atoms with Crippen molar-refractivity contribution in [2.75, 3.05) is 18.1 Å². The van der Waals surface area contributed by atoms with Gasteiger partial charge in [0.1, 0.15) is 5.60 Å². The van der Waals surface area contributed by atoms with Gasteiger partial charge >= 0.3 is 0 Å². The molecule has 4 heteroatoms. The van der Waals surface area contributed by atoms with Gasteiger partial charge in [-0.15, -0.1) is 11.3 Å². The van der Waals surface area contributed by atoms with E-state index >= 15 is 0 Å². The Balaban J connectivity index is 1.84. The summed E-state index contributed by atoms with van der Waals surface area (Å²) in [6.07, 6.45) is 2.54. The molecule has 1 aliphatic heterocycles. The van der Waals surface area contributed by atoms with Gasteiger partial charge in [0.05, 0.1) is 0 Å². The Labute approximate surface area is 105 Å². The summed E-state index contributed by atoms with van der Waals surface area (Å²) in [6.45, 7) is 2.54. The highest BCUT2D eigenvalue weighted by atomic mass is 32.2. The van der Waals surface area contributed by atoms with Crippen molar-refractivity contribution in [3.8, 4) is 0 Å². The van der Waals surface area contributed by atoms with Gasteiger partial charge in [-0.1, -0.05) is 6.07 Å². The van der Waals surface area contributed by atoms with Crippen molar-refractivity contribution in [2.45, 2.75) is 31.4 Å². The van der Waals surface area contributed by atoms with Gasteiger partial charge in [-0.25, -0.2) is 0 Å². The molecule has 2 unspecified atom stereocenters. The summed E-state index contributed by atoms with van der Waals surface area (Å²) in [6, 6.07) is 4.57. The molecule has 1 aliphatic rings. The monoisotopic (exact) mass is 257 g/mol. The van der Waals surface area contributed by atoms with E-state index in [2.05, 4.69) is 5.32 Å². The molecule has 1 aromatic heterocycles. The molecule has 0 saturated carbocycles. The highest BCUT2D eigenvalue weighted by molar-refractivity contribution is 7.99. The standard InChI is InChI=1S/C12H19NOS2/c1-12(14,11-5-3-7-16-11)9-13-10-4-2-6-15-8-10/h3,5,7,10,13-14H,2,4,6,8-9H2,1H3. The zero-order valence-electron chi connectivity index (χ0n) is 9.61. The first-order chi connectivity index (χ1) is 7.68. The minimum atomic E-state index is -0.726. The number of hydrogen-bond acceptors (Lipinski definition) is 4. The third kappa shape index (κ3) is 3.23. The van der Waals surface area contributed by atoms with Crippen molar-refractivity contribution >= 4 is 23.1 Å². The van der Waals surface area contributed by atoms with Gasteiger partial charge in [-0.05, 0) is 37.0 Å². The number of thioether (sulfide) groups is 1. The van der Waals surface area contributed by atoms with Crippen LogP contribution in [0.3, 0.4) is 0 Å². The molecule has 2 nitrogen and oxygen atoms in total. The molecule has 2 rings (SSSR count). The predicted octanol–water partition coefficient (Wildman–Crippen LogP) is 2.44. The Kier molecular flexibility index (Phi) is 4.30. The maximum absolute atomic E-state index is 10.3. The Morgan fingerprint density at radius 2 is 2.50 bits per heavy atom. The van der Waals surface area contributed by atoms with E-state index in [0.717, 1.165) is 4.88 Å². The minimum Gasteiger partial charge on any atom is -0.383 e. The summed E-state index contributed by atoms with van der Waals surface area (Å²) in [5.74, 6) is 2.47. The fourth-order valence-electron chi connectivity index (χ4n) is 1.92. The molecule has 2 atom stereocenters. The van der Waals surface area contributed by atoms with Crippen LogP contribution < -0.4 is 5.32 Å². The number of thiophene rings is 1. The van der Waals surface area contributed by atoms with Crippen LogP contribution in [-0.4, -0.2) is 29.2 Å². The third-order valence-electron chi connectivity index (χ3n) is 2.95. The van der Waals surface area contributed by atoms with Crippen molar-refractivity contribution in [1.82, 2.24) is 5.32 Å². The fourth-order valence-corrected chi connectivity index (χ4v) is 3.81. The molecule has 1 saturated heterocycles. The lowest BCUT2D eigenvalue weighted by molar-refractivity contribution is 0.0579. The minimum absolute atomic E-state index is 0.574. The summed E-state index contributed by atoms with van der Waals surface area (Å²) in [5, 5.41) is 15.8. The first kappa shape index (κ1) is 12.4. The summed E-state index contributed by atoms with van der Waals surface area (Å²) in [7, 11) is 0. The molecular weight excluding hydrogens is 238 g/mol. The first-order valence-electron chi connectivity index (χ1n) is 5.76. The third-order valence-corrected chi connectivity index (χ3v) is 5.29. The van der Waals surface area contributed by atoms with E-state index in [0.29, 0.717) is 12.6 Å². The van der Waals surface area contributed by atoms with Crippen molar-refractivity contribution in [3.63, 3.8) is 0 Å². The summed E-state index contributed by atoms with van der Waals surface area (Å²) in [5.41, 5.74) is -0.726. The van der Waals surface area contributed by atoms with Crippen LogP contribution in [0.1, 0.15) is 24.6 Å². The molecule has 16 heavy (non-hydrogen) atoms. The quantitative estimate of drug-likeness (QED) is 0.869. The van der Waals surface area contributed by atoms with Crippen molar-refractivity contribution in [2.24, 2.45) is 0 Å². The lowest BCUT2D eigenvalue weighted by Crippen LogP contribution is -2.42.